The lowest BCUT2D eigenvalue weighted by Crippen LogP contribution is -2.46. The topological polar surface area (TPSA) is 74.1 Å². The fraction of sp³-hybridized carbons (Fsp3) is 0. The molecule has 1 heterocycles. The van der Waals surface area contributed by atoms with Crippen LogP contribution in [0.2, 0.25) is 0 Å². The Morgan fingerprint density at radius 1 is 0.472 bits per heavy atom. The minimum absolute atomic E-state index is 0.0210. The van der Waals surface area contributed by atoms with Gasteiger partial charge in [-0.05, 0) is 42.5 Å². The summed E-state index contributed by atoms with van der Waals surface area (Å²) in [4.78, 5) is 0. The molecule has 36 heavy (non-hydrogen) atoms. The zero-order valence-corrected chi connectivity index (χ0v) is 20.1. The van der Waals surface area contributed by atoms with Gasteiger partial charge in [0, 0.05) is 18.2 Å². The van der Waals surface area contributed by atoms with Crippen molar-refractivity contribution >= 4 is 50.5 Å². The number of aromatic hydroxyl groups is 1. The standard InChI is InChI=1S/C30H21N2O3P/c33-28-21-20-27-29(32(35)26-19-11-10-18-25(26)31(27)34)30(28)36(22-12-4-1-5-13-22,23-14-6-2-7-15-23)24-16-8-3-9-17-24/h1-21H/p+1. The van der Waals surface area contributed by atoms with Gasteiger partial charge >= 0.3 is 5.52 Å². The second-order valence-electron chi connectivity index (χ2n) is 8.56. The van der Waals surface area contributed by atoms with Crippen molar-refractivity contribution in [3.63, 3.8) is 0 Å². The number of rotatable bonds is 4. The second kappa shape index (κ2) is 8.63. The van der Waals surface area contributed by atoms with Gasteiger partial charge in [-0.3, -0.25) is 0 Å². The second-order valence-corrected chi connectivity index (χ2v) is 11.9. The first-order valence-corrected chi connectivity index (χ1v) is 13.4. The lowest BCUT2D eigenvalue weighted by Gasteiger charge is -2.27. The van der Waals surface area contributed by atoms with Crippen LogP contribution in [0.5, 0.6) is 5.75 Å². The third kappa shape index (κ3) is 3.14. The molecule has 6 heteroatoms. The van der Waals surface area contributed by atoms with Gasteiger partial charge in [0.1, 0.15) is 15.9 Å². The van der Waals surface area contributed by atoms with Gasteiger partial charge < -0.3 is 15.5 Å². The van der Waals surface area contributed by atoms with Crippen molar-refractivity contribution in [3.05, 3.63) is 138 Å². The summed E-state index contributed by atoms with van der Waals surface area (Å²) in [6, 6.07) is 39.6. The first-order chi connectivity index (χ1) is 17.6. The highest BCUT2D eigenvalue weighted by atomic mass is 31.2. The normalized spacial score (nSPS) is 11.7. The maximum atomic E-state index is 14.0. The largest absolute Gasteiger partial charge is 0.617 e. The van der Waals surface area contributed by atoms with Gasteiger partial charge in [0.15, 0.2) is 13.0 Å². The van der Waals surface area contributed by atoms with Crippen molar-refractivity contribution in [2.45, 2.75) is 0 Å². The minimum Gasteiger partial charge on any atom is -0.617 e. The third-order valence-electron chi connectivity index (χ3n) is 6.62. The van der Waals surface area contributed by atoms with E-state index in [1.807, 2.05) is 91.0 Å². The molecule has 0 unspecified atom stereocenters. The van der Waals surface area contributed by atoms with Gasteiger partial charge in [-0.2, -0.15) is 4.73 Å². The highest BCUT2D eigenvalue weighted by Crippen LogP contribution is 2.57. The van der Waals surface area contributed by atoms with Crippen LogP contribution in [-0.2, 0) is 0 Å². The van der Waals surface area contributed by atoms with Gasteiger partial charge in [-0.25, -0.2) is 0 Å². The maximum Gasteiger partial charge on any atom is 0.338 e. The first kappa shape index (κ1) is 22.0. The zero-order valence-electron chi connectivity index (χ0n) is 19.2. The van der Waals surface area contributed by atoms with Crippen LogP contribution in [0.3, 0.4) is 0 Å². The Morgan fingerprint density at radius 3 is 1.36 bits per heavy atom. The fourth-order valence-electron chi connectivity index (χ4n) is 5.10. The van der Waals surface area contributed by atoms with E-state index in [0.29, 0.717) is 5.30 Å². The van der Waals surface area contributed by atoms with Crippen molar-refractivity contribution in [2.24, 2.45) is 0 Å². The molecule has 1 aromatic heterocycles. The van der Waals surface area contributed by atoms with Crippen LogP contribution in [0.15, 0.2) is 127 Å². The summed E-state index contributed by atoms with van der Waals surface area (Å²) in [5, 5.41) is 42.5. The summed E-state index contributed by atoms with van der Waals surface area (Å²) in [7, 11) is -2.84. The van der Waals surface area contributed by atoms with Crippen LogP contribution in [-0.4, -0.2) is 5.11 Å². The quantitative estimate of drug-likeness (QED) is 0.178. The van der Waals surface area contributed by atoms with Crippen molar-refractivity contribution in [3.8, 4) is 5.75 Å². The molecule has 174 valence electrons. The number of fused-ring (bicyclic) bond motifs is 2. The minimum atomic E-state index is -2.84. The van der Waals surface area contributed by atoms with E-state index < -0.39 is 7.26 Å². The van der Waals surface area contributed by atoms with Crippen LogP contribution >= 0.6 is 7.26 Å². The molecule has 6 aromatic rings. The summed E-state index contributed by atoms with van der Waals surface area (Å²) >= 11 is 0. The Labute approximate surface area is 208 Å². The number of hydrogen-bond donors (Lipinski definition) is 1. The summed E-state index contributed by atoms with van der Waals surface area (Å²) in [5.41, 5.74) is 0.913. The summed E-state index contributed by atoms with van der Waals surface area (Å²) in [6.07, 6.45) is 0. The van der Waals surface area contributed by atoms with Crippen LogP contribution in [0.4, 0.5) is 0 Å². The van der Waals surface area contributed by atoms with Crippen molar-refractivity contribution in [1.82, 2.24) is 0 Å². The number of benzene rings is 5. The molecule has 0 aliphatic carbocycles. The van der Waals surface area contributed by atoms with Gasteiger partial charge in [0.2, 0.25) is 5.30 Å². The van der Waals surface area contributed by atoms with Crippen molar-refractivity contribution < 1.29 is 14.6 Å². The predicted molar refractivity (Wildman–Crippen MR) is 146 cm³/mol. The van der Waals surface area contributed by atoms with Crippen molar-refractivity contribution in [2.75, 3.05) is 0 Å². The molecule has 0 aliphatic heterocycles. The average Bonchev–Trinajstić information content (AvgIpc) is 2.94. The monoisotopic (exact) mass is 489 g/mol. The van der Waals surface area contributed by atoms with E-state index >= 15 is 0 Å². The van der Waals surface area contributed by atoms with E-state index in [2.05, 4.69) is 0 Å². The van der Waals surface area contributed by atoms with Gasteiger partial charge in [0.25, 0.3) is 16.6 Å². The van der Waals surface area contributed by atoms with Gasteiger partial charge in [0.05, 0.1) is 0 Å². The van der Waals surface area contributed by atoms with E-state index in [1.165, 1.54) is 12.1 Å². The number of phenols is 1. The van der Waals surface area contributed by atoms with E-state index in [9.17, 15) is 15.5 Å². The molecule has 0 aliphatic rings. The molecule has 1 N–H and O–H groups in total. The Morgan fingerprint density at radius 2 is 0.889 bits per heavy atom. The van der Waals surface area contributed by atoms with Crippen LogP contribution in [0.25, 0.3) is 22.1 Å². The first-order valence-electron chi connectivity index (χ1n) is 11.6. The number of hydrogen-bond acceptors (Lipinski definition) is 3. The Hall–Kier alpha value is -4.47. The molecule has 0 spiro atoms. The lowest BCUT2D eigenvalue weighted by molar-refractivity contribution is -0.590. The molecular formula is C30H22N2O3P+. The van der Waals surface area contributed by atoms with E-state index in [-0.39, 0.29) is 27.8 Å². The van der Waals surface area contributed by atoms with Crippen molar-refractivity contribution in [1.29, 1.82) is 0 Å². The molecule has 0 amide bonds. The summed E-state index contributed by atoms with van der Waals surface area (Å²) in [6.45, 7) is 0. The Bertz CT molecular complexity index is 1610. The molecule has 6 rings (SSSR count). The number of para-hydroxylation sites is 2. The Kier molecular flexibility index (Phi) is 5.28. The number of phenolic OH excluding ortho intramolecular Hbond substituents is 1. The molecule has 0 bridgehead atoms. The lowest BCUT2D eigenvalue weighted by atomic mass is 10.2. The van der Waals surface area contributed by atoms with E-state index in [0.717, 1.165) is 25.4 Å². The van der Waals surface area contributed by atoms with E-state index in [1.54, 1.807) is 24.3 Å². The van der Waals surface area contributed by atoms with Crippen LogP contribution in [0, 0.1) is 10.4 Å². The summed E-state index contributed by atoms with van der Waals surface area (Å²) in [5.74, 6) is -0.0210. The SMILES string of the molecule is [O-][n+]1c2ccccc2[n+]([O-])c2c([P+](c3ccccc3)(c3ccccc3)c3ccccc3)c(O)ccc21. The molecule has 0 saturated carbocycles. The van der Waals surface area contributed by atoms with Crippen LogP contribution in [0.1, 0.15) is 0 Å². The molecule has 0 radical (unpaired) electrons. The predicted octanol–water partition coefficient (Wildman–Crippen LogP) is 3.58. The maximum absolute atomic E-state index is 14.0. The van der Waals surface area contributed by atoms with E-state index in [4.69, 9.17) is 0 Å². The molecule has 0 fully saturated rings. The highest BCUT2D eigenvalue weighted by molar-refractivity contribution is 8.02. The number of nitrogens with zero attached hydrogens (tertiary/aromatic N) is 2. The van der Waals surface area contributed by atoms with Gasteiger partial charge in [-0.15, -0.1) is 4.73 Å². The molecule has 5 nitrogen and oxygen atoms in total. The van der Waals surface area contributed by atoms with Gasteiger partial charge in [-0.1, -0.05) is 66.7 Å². The molecular weight excluding hydrogens is 467 g/mol. The molecule has 5 aromatic carbocycles. The molecule has 0 atom stereocenters. The third-order valence-corrected chi connectivity index (χ3v) is 10.9. The average molecular weight is 489 g/mol. The fourth-order valence-corrected chi connectivity index (χ4v) is 9.57. The Balaban J connectivity index is 1.91. The van der Waals surface area contributed by atoms with Crippen LogP contribution < -0.4 is 30.7 Å². The molecule has 0 saturated heterocycles. The smallest absolute Gasteiger partial charge is 0.338 e. The number of aromatic nitrogens is 2. The zero-order chi connectivity index (χ0) is 24.7. The highest BCUT2D eigenvalue weighted by Gasteiger charge is 2.54. The summed E-state index contributed by atoms with van der Waals surface area (Å²) < 4.78 is 1.59.